The van der Waals surface area contributed by atoms with Gasteiger partial charge in [-0.1, -0.05) is 11.8 Å². The van der Waals surface area contributed by atoms with Crippen LogP contribution in [0.3, 0.4) is 0 Å². The Morgan fingerprint density at radius 2 is 1.86 bits per heavy atom. The molecule has 0 spiro atoms. The molecule has 2 fully saturated rings. The van der Waals surface area contributed by atoms with Gasteiger partial charge in [-0.3, -0.25) is 9.59 Å². The molecule has 0 aliphatic carbocycles. The maximum atomic E-state index is 12.9. The second-order valence-corrected chi connectivity index (χ2v) is 8.23. The highest BCUT2D eigenvalue weighted by atomic mass is 32.2. The van der Waals surface area contributed by atoms with Crippen LogP contribution in [0.4, 0.5) is 0 Å². The zero-order valence-corrected chi connectivity index (χ0v) is 17.9. The molecule has 2 saturated heterocycles. The van der Waals surface area contributed by atoms with Gasteiger partial charge >= 0.3 is 0 Å². The Hall–Kier alpha value is -2.20. The van der Waals surface area contributed by atoms with Crippen molar-refractivity contribution in [3.63, 3.8) is 0 Å². The van der Waals surface area contributed by atoms with Crippen molar-refractivity contribution < 1.29 is 14.3 Å². The predicted molar refractivity (Wildman–Crippen MR) is 108 cm³/mol. The third-order valence-electron chi connectivity index (χ3n) is 5.69. The van der Waals surface area contributed by atoms with Crippen LogP contribution in [0, 0.1) is 13.8 Å². The number of hydrogen-bond acceptors (Lipinski definition) is 7. The Morgan fingerprint density at radius 1 is 1.14 bits per heavy atom. The SMILES string of the molecule is CSc1nc2nc(C)c(CC(=O)N3CCN(C(=O)C4CCCO4)CC3)c(C)n2n1. The second-order valence-electron chi connectivity index (χ2n) is 7.46. The van der Waals surface area contributed by atoms with Crippen LogP contribution in [0.15, 0.2) is 5.16 Å². The molecule has 29 heavy (non-hydrogen) atoms. The molecule has 0 aromatic carbocycles. The minimum absolute atomic E-state index is 0.0479. The number of aryl methyl sites for hydroxylation is 2. The molecule has 2 aliphatic heterocycles. The van der Waals surface area contributed by atoms with Gasteiger partial charge in [-0.05, 0) is 32.9 Å². The summed E-state index contributed by atoms with van der Waals surface area (Å²) < 4.78 is 7.21. The lowest BCUT2D eigenvalue weighted by molar-refractivity contribution is -0.145. The van der Waals surface area contributed by atoms with Gasteiger partial charge in [0.1, 0.15) is 6.10 Å². The number of carbonyl (C=O) groups is 2. The molecule has 0 N–H and O–H groups in total. The number of aromatic nitrogens is 4. The summed E-state index contributed by atoms with van der Waals surface area (Å²) in [5.74, 6) is 0.667. The number of nitrogens with zero attached hydrogens (tertiary/aromatic N) is 6. The number of carbonyl (C=O) groups excluding carboxylic acids is 2. The lowest BCUT2D eigenvalue weighted by Gasteiger charge is -2.36. The summed E-state index contributed by atoms with van der Waals surface area (Å²) in [4.78, 5) is 38.0. The van der Waals surface area contributed by atoms with Gasteiger partial charge in [-0.15, -0.1) is 5.10 Å². The van der Waals surface area contributed by atoms with Gasteiger partial charge in [0, 0.05) is 49.7 Å². The van der Waals surface area contributed by atoms with Crippen LogP contribution in [0.5, 0.6) is 0 Å². The van der Waals surface area contributed by atoms with Gasteiger partial charge in [0.15, 0.2) is 0 Å². The number of fused-ring (bicyclic) bond motifs is 1. The highest BCUT2D eigenvalue weighted by Crippen LogP contribution is 2.19. The summed E-state index contributed by atoms with van der Waals surface area (Å²) in [6.45, 7) is 6.72. The highest BCUT2D eigenvalue weighted by molar-refractivity contribution is 7.98. The third-order valence-corrected chi connectivity index (χ3v) is 6.23. The molecular weight excluding hydrogens is 392 g/mol. The van der Waals surface area contributed by atoms with Crippen LogP contribution in [-0.4, -0.2) is 86.3 Å². The number of ether oxygens (including phenoxy) is 1. The zero-order chi connectivity index (χ0) is 20.5. The van der Waals surface area contributed by atoms with Crippen molar-refractivity contribution in [1.29, 1.82) is 0 Å². The fraction of sp³-hybridized carbons (Fsp3) is 0.632. The van der Waals surface area contributed by atoms with Crippen molar-refractivity contribution in [1.82, 2.24) is 29.4 Å². The van der Waals surface area contributed by atoms with E-state index in [1.165, 1.54) is 11.8 Å². The lowest BCUT2D eigenvalue weighted by Crippen LogP contribution is -2.53. The van der Waals surface area contributed by atoms with Crippen molar-refractivity contribution in [2.24, 2.45) is 0 Å². The predicted octanol–water partition coefficient (Wildman–Crippen LogP) is 0.855. The van der Waals surface area contributed by atoms with Gasteiger partial charge < -0.3 is 14.5 Å². The summed E-state index contributed by atoms with van der Waals surface area (Å²) in [5, 5.41) is 5.11. The molecule has 0 bridgehead atoms. The average Bonchev–Trinajstić information content (AvgIpc) is 3.40. The van der Waals surface area contributed by atoms with E-state index < -0.39 is 0 Å². The molecular formula is C19H26N6O3S. The van der Waals surface area contributed by atoms with E-state index in [1.807, 2.05) is 29.9 Å². The fourth-order valence-corrected chi connectivity index (χ4v) is 4.28. The van der Waals surface area contributed by atoms with Crippen LogP contribution in [0.1, 0.15) is 29.8 Å². The van der Waals surface area contributed by atoms with Crippen LogP contribution < -0.4 is 0 Å². The molecule has 156 valence electrons. The van der Waals surface area contributed by atoms with Gasteiger partial charge in [-0.25, -0.2) is 9.50 Å². The first-order valence-corrected chi connectivity index (χ1v) is 11.2. The molecule has 0 saturated carbocycles. The number of amides is 2. The van der Waals surface area contributed by atoms with E-state index in [0.717, 1.165) is 29.8 Å². The Morgan fingerprint density at radius 3 is 2.52 bits per heavy atom. The number of thioether (sulfide) groups is 1. The Kier molecular flexibility index (Phi) is 5.73. The van der Waals surface area contributed by atoms with Crippen LogP contribution in [0.2, 0.25) is 0 Å². The number of hydrogen-bond donors (Lipinski definition) is 0. The van der Waals surface area contributed by atoms with Crippen molar-refractivity contribution in [2.75, 3.05) is 39.0 Å². The van der Waals surface area contributed by atoms with E-state index in [4.69, 9.17) is 4.74 Å². The molecule has 4 rings (SSSR count). The molecule has 10 heteroatoms. The van der Waals surface area contributed by atoms with E-state index in [0.29, 0.717) is 43.7 Å². The average molecular weight is 419 g/mol. The Bertz CT molecular complexity index is 932. The molecule has 1 unspecified atom stereocenters. The lowest BCUT2D eigenvalue weighted by atomic mass is 10.1. The first-order chi connectivity index (χ1) is 14.0. The monoisotopic (exact) mass is 418 g/mol. The first kappa shape index (κ1) is 20.1. The number of rotatable bonds is 4. The first-order valence-electron chi connectivity index (χ1n) is 9.93. The number of piperazine rings is 1. The molecule has 1 atom stereocenters. The normalized spacial score (nSPS) is 19.9. The summed E-state index contributed by atoms with van der Waals surface area (Å²) in [7, 11) is 0. The van der Waals surface area contributed by atoms with Crippen molar-refractivity contribution >= 4 is 29.4 Å². The topological polar surface area (TPSA) is 92.9 Å². The molecule has 0 radical (unpaired) electrons. The molecule has 2 aliphatic rings. The van der Waals surface area contributed by atoms with Gasteiger partial charge in [0.2, 0.25) is 11.1 Å². The van der Waals surface area contributed by atoms with Crippen molar-refractivity contribution in [2.45, 2.75) is 44.4 Å². The van der Waals surface area contributed by atoms with Crippen LogP contribution in [-0.2, 0) is 20.7 Å². The van der Waals surface area contributed by atoms with Crippen LogP contribution >= 0.6 is 11.8 Å². The van der Waals surface area contributed by atoms with E-state index in [2.05, 4.69) is 15.1 Å². The molecule has 9 nitrogen and oxygen atoms in total. The van der Waals surface area contributed by atoms with E-state index >= 15 is 0 Å². The van der Waals surface area contributed by atoms with E-state index in [-0.39, 0.29) is 24.3 Å². The summed E-state index contributed by atoms with van der Waals surface area (Å²) >= 11 is 1.46. The maximum absolute atomic E-state index is 12.9. The quantitative estimate of drug-likeness (QED) is 0.680. The highest BCUT2D eigenvalue weighted by Gasteiger charge is 2.31. The maximum Gasteiger partial charge on any atom is 0.253 e. The van der Waals surface area contributed by atoms with Gasteiger partial charge in [-0.2, -0.15) is 4.98 Å². The molecule has 4 heterocycles. The Balaban J connectivity index is 1.41. The largest absolute Gasteiger partial charge is 0.368 e. The minimum Gasteiger partial charge on any atom is -0.368 e. The van der Waals surface area contributed by atoms with E-state index in [9.17, 15) is 9.59 Å². The third kappa shape index (κ3) is 3.95. The smallest absolute Gasteiger partial charge is 0.253 e. The van der Waals surface area contributed by atoms with Crippen molar-refractivity contribution in [3.05, 3.63) is 17.0 Å². The standard InChI is InChI=1S/C19H26N6O3S/c1-12-14(13(2)25-18(20-12)21-19(22-25)29-3)11-16(26)23-6-8-24(9-7-23)17(27)15-5-4-10-28-15/h15H,4-11H2,1-3H3. The second kappa shape index (κ2) is 8.27. The molecule has 2 aromatic rings. The summed E-state index contributed by atoms with van der Waals surface area (Å²) in [5.41, 5.74) is 2.58. The fourth-order valence-electron chi connectivity index (χ4n) is 3.95. The van der Waals surface area contributed by atoms with Crippen molar-refractivity contribution in [3.8, 4) is 0 Å². The zero-order valence-electron chi connectivity index (χ0n) is 17.1. The summed E-state index contributed by atoms with van der Waals surface area (Å²) in [6, 6.07) is 0. The molecule has 2 aromatic heterocycles. The minimum atomic E-state index is -0.297. The van der Waals surface area contributed by atoms with E-state index in [1.54, 1.807) is 4.52 Å². The Labute approximate surface area is 173 Å². The summed E-state index contributed by atoms with van der Waals surface area (Å²) in [6.07, 6.45) is 3.64. The van der Waals surface area contributed by atoms with Gasteiger partial charge in [0.05, 0.1) is 6.42 Å². The van der Waals surface area contributed by atoms with Crippen LogP contribution in [0.25, 0.3) is 5.78 Å². The van der Waals surface area contributed by atoms with Gasteiger partial charge in [0.25, 0.3) is 11.7 Å². The molecule has 2 amide bonds.